The zero-order valence-corrected chi connectivity index (χ0v) is 16.8. The summed E-state index contributed by atoms with van der Waals surface area (Å²) in [5.74, 6) is -0.687. The minimum Gasteiger partial charge on any atom is -0.457 e. The lowest BCUT2D eigenvalue weighted by atomic mass is 10.0. The van der Waals surface area contributed by atoms with Crippen LogP contribution in [0.1, 0.15) is 15.2 Å². The third kappa shape index (κ3) is 4.01. The minimum atomic E-state index is -3.53. The molecule has 0 aliphatic heterocycles. The van der Waals surface area contributed by atoms with Gasteiger partial charge in [0.2, 0.25) is 10.0 Å². The molecule has 1 N–H and O–H groups in total. The van der Waals surface area contributed by atoms with Crippen LogP contribution in [0.4, 0.5) is 5.69 Å². The molecule has 4 aromatic rings. The highest BCUT2D eigenvalue weighted by Gasteiger charge is 2.18. The average molecular weight is 429 g/mol. The second-order valence-electron chi connectivity index (χ2n) is 6.36. The van der Waals surface area contributed by atoms with E-state index in [-0.39, 0.29) is 17.2 Å². The maximum absolute atomic E-state index is 12.5. The number of esters is 1. The molecule has 0 fully saturated rings. The van der Waals surface area contributed by atoms with Gasteiger partial charge in [0, 0.05) is 17.0 Å². The summed E-state index contributed by atoms with van der Waals surface area (Å²) in [6.45, 7) is -0.162. The fourth-order valence-electron chi connectivity index (χ4n) is 3.09. The molecule has 29 heavy (non-hydrogen) atoms. The number of hydrogen-bond donors (Lipinski definition) is 1. The van der Waals surface area contributed by atoms with Crippen molar-refractivity contribution >= 4 is 54.8 Å². The van der Waals surface area contributed by atoms with Gasteiger partial charge >= 0.3 is 11.6 Å². The van der Waals surface area contributed by atoms with Gasteiger partial charge in [-0.3, -0.25) is 4.72 Å². The van der Waals surface area contributed by atoms with Crippen LogP contribution in [-0.2, 0) is 21.4 Å². The molecule has 148 valence electrons. The summed E-state index contributed by atoms with van der Waals surface area (Å²) in [5.41, 5.74) is 0.521. The third-order valence-electron chi connectivity index (χ3n) is 4.22. The highest BCUT2D eigenvalue weighted by molar-refractivity contribution is 7.92. The summed E-state index contributed by atoms with van der Waals surface area (Å²) >= 11 is 1.06. The molecule has 7 nitrogen and oxygen atoms in total. The van der Waals surface area contributed by atoms with E-state index < -0.39 is 21.6 Å². The van der Waals surface area contributed by atoms with Crippen LogP contribution < -0.4 is 10.3 Å². The number of carbonyl (C=O) groups excluding carboxylic acids is 1. The average Bonchev–Trinajstić information content (AvgIpc) is 3.11. The molecule has 0 amide bonds. The summed E-state index contributed by atoms with van der Waals surface area (Å²) in [6.07, 6.45) is 1.00. The maximum Gasteiger partial charge on any atom is 0.350 e. The topological polar surface area (TPSA) is 103 Å². The van der Waals surface area contributed by atoms with Crippen molar-refractivity contribution in [2.45, 2.75) is 6.61 Å². The molecular weight excluding hydrogens is 414 g/mol. The first-order valence-electron chi connectivity index (χ1n) is 8.49. The van der Waals surface area contributed by atoms with Crippen LogP contribution in [0.3, 0.4) is 0 Å². The summed E-state index contributed by atoms with van der Waals surface area (Å²) < 4.78 is 35.9. The van der Waals surface area contributed by atoms with Gasteiger partial charge in [-0.25, -0.2) is 18.0 Å². The first-order valence-corrected chi connectivity index (χ1v) is 11.3. The molecule has 0 bridgehead atoms. The summed E-state index contributed by atoms with van der Waals surface area (Å²) in [7, 11) is -3.53. The molecule has 0 radical (unpaired) electrons. The molecule has 0 saturated heterocycles. The number of thiophene rings is 1. The molecule has 9 heteroatoms. The molecule has 2 aromatic carbocycles. The van der Waals surface area contributed by atoms with Crippen LogP contribution in [0.15, 0.2) is 63.1 Å². The summed E-state index contributed by atoms with van der Waals surface area (Å²) in [6, 6.07) is 14.0. The molecule has 0 aliphatic carbocycles. The monoisotopic (exact) mass is 429 g/mol. The number of ether oxygens (including phenoxy) is 1. The summed E-state index contributed by atoms with van der Waals surface area (Å²) in [4.78, 5) is 24.6. The minimum absolute atomic E-state index is 0.132. The Hall–Kier alpha value is -3.17. The molecule has 0 unspecified atom stereocenters. The Labute approximate surface area is 169 Å². The highest BCUT2D eigenvalue weighted by atomic mass is 32.2. The van der Waals surface area contributed by atoms with Crippen molar-refractivity contribution in [3.8, 4) is 0 Å². The van der Waals surface area contributed by atoms with Crippen molar-refractivity contribution in [2.75, 3.05) is 11.0 Å². The Kier molecular flexibility index (Phi) is 4.85. The maximum atomic E-state index is 12.5. The van der Waals surface area contributed by atoms with E-state index in [1.165, 1.54) is 12.1 Å². The number of benzene rings is 2. The van der Waals surface area contributed by atoms with Crippen molar-refractivity contribution in [1.82, 2.24) is 0 Å². The Morgan fingerprint density at radius 1 is 1.17 bits per heavy atom. The standard InChI is InChI=1S/C20H15NO6S2/c1-29(24,25)21-15-8-9-28-19(15)20(23)26-11-13-10-17(22)27-16-7-6-12-4-2-3-5-14(12)18(13)16/h2-10,21H,11H2,1H3. The lowest BCUT2D eigenvalue weighted by Gasteiger charge is -2.10. The molecular formula is C20H15NO6S2. The van der Waals surface area contributed by atoms with Gasteiger partial charge in [0.25, 0.3) is 0 Å². The highest BCUT2D eigenvalue weighted by Crippen LogP contribution is 2.29. The predicted octanol–water partition coefficient (Wildman–Crippen LogP) is 3.74. The normalized spacial score (nSPS) is 11.6. The Bertz CT molecular complexity index is 1400. The number of nitrogens with one attached hydrogen (secondary N) is 1. The van der Waals surface area contributed by atoms with E-state index in [0.717, 1.165) is 28.4 Å². The van der Waals surface area contributed by atoms with Crippen molar-refractivity contribution in [3.63, 3.8) is 0 Å². The molecule has 0 saturated carbocycles. The number of carbonyl (C=O) groups is 1. The van der Waals surface area contributed by atoms with Crippen molar-refractivity contribution in [3.05, 3.63) is 74.8 Å². The molecule has 0 atom stereocenters. The Morgan fingerprint density at radius 3 is 2.76 bits per heavy atom. The second-order valence-corrected chi connectivity index (χ2v) is 9.03. The summed E-state index contributed by atoms with van der Waals surface area (Å²) in [5, 5.41) is 4.11. The van der Waals surface area contributed by atoms with Crippen LogP contribution in [0.25, 0.3) is 21.7 Å². The SMILES string of the molecule is CS(=O)(=O)Nc1ccsc1C(=O)OCc1cc(=O)oc2ccc3ccccc3c12. The van der Waals surface area contributed by atoms with Crippen molar-refractivity contribution in [2.24, 2.45) is 0 Å². The largest absolute Gasteiger partial charge is 0.457 e. The van der Waals surface area contributed by atoms with Crippen LogP contribution in [0, 0.1) is 0 Å². The predicted molar refractivity (Wildman–Crippen MR) is 112 cm³/mol. The molecule has 2 heterocycles. The molecule has 4 rings (SSSR count). The number of fused-ring (bicyclic) bond motifs is 3. The van der Waals surface area contributed by atoms with Gasteiger partial charge in [-0.2, -0.15) is 0 Å². The number of hydrogen-bond acceptors (Lipinski definition) is 7. The van der Waals surface area contributed by atoms with Crippen LogP contribution >= 0.6 is 11.3 Å². The van der Waals surface area contributed by atoms with Crippen LogP contribution in [0.5, 0.6) is 0 Å². The Morgan fingerprint density at radius 2 is 1.97 bits per heavy atom. The van der Waals surface area contributed by atoms with Gasteiger partial charge in [-0.05, 0) is 28.3 Å². The van der Waals surface area contributed by atoms with E-state index in [4.69, 9.17) is 9.15 Å². The number of anilines is 1. The van der Waals surface area contributed by atoms with Crippen molar-refractivity contribution in [1.29, 1.82) is 0 Å². The zero-order valence-electron chi connectivity index (χ0n) is 15.2. The molecule has 2 aromatic heterocycles. The molecule has 0 spiro atoms. The van der Waals surface area contributed by atoms with Gasteiger partial charge in [-0.15, -0.1) is 11.3 Å². The van der Waals surface area contributed by atoms with E-state index in [1.807, 2.05) is 30.3 Å². The lowest BCUT2D eigenvalue weighted by Crippen LogP contribution is -2.13. The van der Waals surface area contributed by atoms with E-state index in [2.05, 4.69) is 4.72 Å². The van der Waals surface area contributed by atoms with Crippen molar-refractivity contribution < 1.29 is 22.4 Å². The first-order chi connectivity index (χ1) is 13.8. The van der Waals surface area contributed by atoms with E-state index in [1.54, 1.807) is 11.4 Å². The van der Waals surface area contributed by atoms with Crippen LogP contribution in [0.2, 0.25) is 0 Å². The molecule has 0 aliphatic rings. The van der Waals surface area contributed by atoms with E-state index in [9.17, 15) is 18.0 Å². The number of rotatable bonds is 5. The number of sulfonamides is 1. The van der Waals surface area contributed by atoms with Gasteiger partial charge in [0.15, 0.2) is 0 Å². The Balaban J connectivity index is 1.69. The van der Waals surface area contributed by atoms with E-state index in [0.29, 0.717) is 16.5 Å². The van der Waals surface area contributed by atoms with Gasteiger partial charge in [-0.1, -0.05) is 30.3 Å². The fourth-order valence-corrected chi connectivity index (χ4v) is 4.47. The first kappa shape index (κ1) is 19.2. The third-order valence-corrected chi connectivity index (χ3v) is 5.70. The smallest absolute Gasteiger partial charge is 0.350 e. The quantitative estimate of drug-likeness (QED) is 0.295. The van der Waals surface area contributed by atoms with Gasteiger partial charge in [0.05, 0.1) is 11.9 Å². The zero-order chi connectivity index (χ0) is 20.6. The second kappa shape index (κ2) is 7.34. The van der Waals surface area contributed by atoms with Gasteiger partial charge < -0.3 is 9.15 Å². The lowest BCUT2D eigenvalue weighted by molar-refractivity contribution is 0.0481. The van der Waals surface area contributed by atoms with Crippen LogP contribution in [-0.4, -0.2) is 20.6 Å². The van der Waals surface area contributed by atoms with E-state index >= 15 is 0 Å². The fraction of sp³-hybridized carbons (Fsp3) is 0.100. The van der Waals surface area contributed by atoms with Gasteiger partial charge in [0.1, 0.15) is 17.1 Å².